The Hall–Kier alpha value is -2.28. The maximum Gasteiger partial charge on any atom is 0.311 e. The largest absolute Gasteiger partial charge is 0.486 e. The summed E-state index contributed by atoms with van der Waals surface area (Å²) in [6.45, 7) is 1.67. The van der Waals surface area contributed by atoms with Crippen LogP contribution in [0.25, 0.3) is 0 Å². The lowest BCUT2D eigenvalue weighted by atomic mass is 9.80. The Morgan fingerprint density at radius 1 is 1.13 bits per heavy atom. The first-order valence-electron chi connectivity index (χ1n) is 7.60. The Morgan fingerprint density at radius 3 is 2.61 bits per heavy atom. The molecule has 0 aliphatic carbocycles. The van der Waals surface area contributed by atoms with E-state index in [0.29, 0.717) is 56.3 Å². The molecule has 1 aromatic carbocycles. The van der Waals surface area contributed by atoms with E-state index in [1.165, 1.54) is 0 Å². The van der Waals surface area contributed by atoms with Crippen LogP contribution in [-0.2, 0) is 9.53 Å². The summed E-state index contributed by atoms with van der Waals surface area (Å²) in [6.07, 6.45) is 0.768. The van der Waals surface area contributed by atoms with Crippen molar-refractivity contribution in [2.45, 2.75) is 12.8 Å². The van der Waals surface area contributed by atoms with E-state index in [1.54, 1.807) is 18.2 Å². The molecule has 1 amide bonds. The number of hydrogen-bond donors (Lipinski definition) is 2. The maximum absolute atomic E-state index is 12.5. The standard InChI is InChI=1S/C16H19NO6/c18-14(11-2-1-3-12-13(11)23-9-8-22-12)17-10-16(15(19)20)4-6-21-7-5-16/h1-3H,4-10H2,(H,17,18)(H,19,20). The minimum Gasteiger partial charge on any atom is -0.486 e. The molecule has 2 aliphatic heterocycles. The number of fused-ring (bicyclic) bond motifs is 1. The second kappa shape index (κ2) is 6.45. The van der Waals surface area contributed by atoms with E-state index < -0.39 is 11.4 Å². The molecule has 0 unspecified atom stereocenters. The van der Waals surface area contributed by atoms with Gasteiger partial charge < -0.3 is 24.6 Å². The number of hydrogen-bond acceptors (Lipinski definition) is 5. The lowest BCUT2D eigenvalue weighted by Crippen LogP contribution is -2.46. The third kappa shape index (κ3) is 3.10. The van der Waals surface area contributed by atoms with Crippen LogP contribution >= 0.6 is 0 Å². The van der Waals surface area contributed by atoms with Gasteiger partial charge in [-0.15, -0.1) is 0 Å². The van der Waals surface area contributed by atoms with Crippen LogP contribution in [0.2, 0.25) is 0 Å². The molecule has 7 nitrogen and oxygen atoms in total. The monoisotopic (exact) mass is 321 g/mol. The second-order valence-corrected chi connectivity index (χ2v) is 5.71. The lowest BCUT2D eigenvalue weighted by molar-refractivity contribution is -0.154. The van der Waals surface area contributed by atoms with E-state index in [4.69, 9.17) is 14.2 Å². The highest BCUT2D eigenvalue weighted by atomic mass is 16.6. The Labute approximate surface area is 133 Å². The Kier molecular flexibility index (Phi) is 4.38. The zero-order valence-corrected chi connectivity index (χ0v) is 12.7. The van der Waals surface area contributed by atoms with Crippen LogP contribution in [-0.4, -0.2) is 50.0 Å². The van der Waals surface area contributed by atoms with E-state index >= 15 is 0 Å². The minimum absolute atomic E-state index is 0.0645. The van der Waals surface area contributed by atoms with Crippen molar-refractivity contribution in [1.29, 1.82) is 0 Å². The van der Waals surface area contributed by atoms with Crippen molar-refractivity contribution in [3.63, 3.8) is 0 Å². The van der Waals surface area contributed by atoms with E-state index in [2.05, 4.69) is 5.32 Å². The van der Waals surface area contributed by atoms with Gasteiger partial charge in [-0.3, -0.25) is 9.59 Å². The van der Waals surface area contributed by atoms with E-state index in [1.807, 2.05) is 0 Å². The average molecular weight is 321 g/mol. The summed E-state index contributed by atoms with van der Waals surface area (Å²) in [5.41, 5.74) is -0.616. The van der Waals surface area contributed by atoms with Gasteiger partial charge in [0.05, 0.1) is 11.0 Å². The van der Waals surface area contributed by atoms with E-state index in [9.17, 15) is 14.7 Å². The summed E-state index contributed by atoms with van der Waals surface area (Å²) >= 11 is 0. The summed E-state index contributed by atoms with van der Waals surface area (Å²) < 4.78 is 16.2. The molecule has 2 heterocycles. The minimum atomic E-state index is -0.972. The first kappa shape index (κ1) is 15.6. The van der Waals surface area contributed by atoms with Crippen LogP contribution in [0.5, 0.6) is 11.5 Å². The molecule has 1 saturated heterocycles. The molecular weight excluding hydrogens is 302 g/mol. The Morgan fingerprint density at radius 2 is 1.87 bits per heavy atom. The van der Waals surface area contributed by atoms with Gasteiger partial charge in [-0.2, -0.15) is 0 Å². The molecule has 7 heteroatoms. The molecule has 1 aromatic rings. The zero-order valence-electron chi connectivity index (χ0n) is 12.7. The number of para-hydroxylation sites is 1. The van der Waals surface area contributed by atoms with Crippen molar-refractivity contribution >= 4 is 11.9 Å². The second-order valence-electron chi connectivity index (χ2n) is 5.71. The average Bonchev–Trinajstić information content (AvgIpc) is 2.60. The number of nitrogens with one attached hydrogen (secondary N) is 1. The Balaban J connectivity index is 1.73. The summed E-state index contributed by atoms with van der Waals surface area (Å²) in [7, 11) is 0. The normalized spacial score (nSPS) is 19.0. The van der Waals surface area contributed by atoms with Gasteiger partial charge in [0.25, 0.3) is 5.91 Å². The van der Waals surface area contributed by atoms with Gasteiger partial charge in [-0.1, -0.05) is 6.07 Å². The van der Waals surface area contributed by atoms with Gasteiger partial charge in [-0.25, -0.2) is 0 Å². The van der Waals surface area contributed by atoms with Crippen LogP contribution in [0.4, 0.5) is 0 Å². The summed E-state index contributed by atoms with van der Waals surface area (Å²) in [6, 6.07) is 5.09. The number of carbonyl (C=O) groups is 2. The molecule has 0 radical (unpaired) electrons. The molecule has 3 rings (SSSR count). The number of ether oxygens (including phenoxy) is 3. The summed E-state index contributed by atoms with van der Waals surface area (Å²) in [5.74, 6) is -0.328. The van der Waals surface area contributed by atoms with Crippen LogP contribution in [0.1, 0.15) is 23.2 Å². The van der Waals surface area contributed by atoms with Gasteiger partial charge in [0.2, 0.25) is 0 Å². The Bertz CT molecular complexity index is 609. The molecule has 0 saturated carbocycles. The molecule has 0 atom stereocenters. The number of carboxylic acid groups (broad SMARTS) is 1. The first-order valence-corrected chi connectivity index (χ1v) is 7.60. The smallest absolute Gasteiger partial charge is 0.311 e. The predicted octanol–water partition coefficient (Wildman–Crippen LogP) is 1.07. The van der Waals surface area contributed by atoms with E-state index in [-0.39, 0.29) is 12.5 Å². The molecule has 2 N–H and O–H groups in total. The van der Waals surface area contributed by atoms with Crippen molar-refractivity contribution in [1.82, 2.24) is 5.32 Å². The number of amides is 1. The number of carbonyl (C=O) groups excluding carboxylic acids is 1. The predicted molar refractivity (Wildman–Crippen MR) is 79.9 cm³/mol. The third-order valence-corrected chi connectivity index (χ3v) is 4.30. The summed E-state index contributed by atoms with van der Waals surface area (Å²) in [4.78, 5) is 24.1. The van der Waals surface area contributed by atoms with Crippen LogP contribution in [0.15, 0.2) is 18.2 Å². The highest BCUT2D eigenvalue weighted by Gasteiger charge is 2.40. The molecule has 0 aromatic heterocycles. The van der Waals surface area contributed by atoms with Gasteiger partial charge in [-0.05, 0) is 25.0 Å². The fourth-order valence-corrected chi connectivity index (χ4v) is 2.83. The number of carboxylic acids is 1. The SMILES string of the molecule is O=C(NCC1(C(=O)O)CCOCC1)c1cccc2c1OCCO2. The fourth-order valence-electron chi connectivity index (χ4n) is 2.83. The topological polar surface area (TPSA) is 94.1 Å². The lowest BCUT2D eigenvalue weighted by Gasteiger charge is -2.33. The molecular formula is C16H19NO6. The van der Waals surface area contributed by atoms with Crippen molar-refractivity contribution < 1.29 is 28.9 Å². The van der Waals surface area contributed by atoms with Crippen molar-refractivity contribution in [3.8, 4) is 11.5 Å². The highest BCUT2D eigenvalue weighted by Crippen LogP contribution is 2.34. The molecule has 23 heavy (non-hydrogen) atoms. The fraction of sp³-hybridized carbons (Fsp3) is 0.500. The number of benzene rings is 1. The van der Waals surface area contributed by atoms with E-state index in [0.717, 1.165) is 0 Å². The molecule has 2 aliphatic rings. The quantitative estimate of drug-likeness (QED) is 0.861. The van der Waals surface area contributed by atoms with Crippen LogP contribution in [0.3, 0.4) is 0 Å². The zero-order chi connectivity index (χ0) is 16.3. The van der Waals surface area contributed by atoms with Crippen LogP contribution in [0, 0.1) is 5.41 Å². The van der Waals surface area contributed by atoms with Crippen molar-refractivity contribution in [2.75, 3.05) is 33.0 Å². The first-order chi connectivity index (χ1) is 11.1. The molecule has 1 fully saturated rings. The number of aliphatic carboxylic acids is 1. The summed E-state index contributed by atoms with van der Waals surface area (Å²) in [5, 5.41) is 12.2. The van der Waals surface area contributed by atoms with Gasteiger partial charge in [0, 0.05) is 19.8 Å². The van der Waals surface area contributed by atoms with Gasteiger partial charge in [0.1, 0.15) is 13.2 Å². The van der Waals surface area contributed by atoms with Crippen LogP contribution < -0.4 is 14.8 Å². The molecule has 124 valence electrons. The highest BCUT2D eigenvalue weighted by molar-refractivity contribution is 5.98. The van der Waals surface area contributed by atoms with Crippen molar-refractivity contribution in [3.05, 3.63) is 23.8 Å². The number of rotatable bonds is 4. The third-order valence-electron chi connectivity index (χ3n) is 4.30. The molecule has 0 bridgehead atoms. The maximum atomic E-state index is 12.5. The van der Waals surface area contributed by atoms with Crippen molar-refractivity contribution in [2.24, 2.45) is 5.41 Å². The van der Waals surface area contributed by atoms with Gasteiger partial charge in [0.15, 0.2) is 11.5 Å². The van der Waals surface area contributed by atoms with Gasteiger partial charge >= 0.3 is 5.97 Å². The molecule has 0 spiro atoms.